The third kappa shape index (κ3) is 4.23. The van der Waals surface area contributed by atoms with Crippen LogP contribution < -0.4 is 5.32 Å². The molecule has 1 heterocycles. The molecule has 1 fully saturated rings. The van der Waals surface area contributed by atoms with Gasteiger partial charge in [0.05, 0.1) is 5.25 Å². The number of piperidine rings is 1. The maximum Gasteiger partial charge on any atom is 0.217 e. The van der Waals surface area contributed by atoms with Crippen LogP contribution in [0, 0.1) is 5.92 Å². The summed E-state index contributed by atoms with van der Waals surface area (Å²) in [6, 6.07) is 0.327. The largest absolute Gasteiger partial charge is 0.313 e. The molecule has 102 valence electrons. The van der Waals surface area contributed by atoms with E-state index in [0.29, 0.717) is 31.6 Å². The van der Waals surface area contributed by atoms with Gasteiger partial charge in [-0.3, -0.25) is 0 Å². The highest BCUT2D eigenvalue weighted by Gasteiger charge is 2.31. The molecule has 0 aromatic carbocycles. The molecule has 5 heteroatoms. The minimum Gasteiger partial charge on any atom is -0.313 e. The maximum atomic E-state index is 12.3. The van der Waals surface area contributed by atoms with Crippen LogP contribution in [0.3, 0.4) is 0 Å². The van der Waals surface area contributed by atoms with E-state index < -0.39 is 10.0 Å². The van der Waals surface area contributed by atoms with Crippen molar-refractivity contribution in [1.29, 1.82) is 0 Å². The van der Waals surface area contributed by atoms with E-state index in [1.807, 2.05) is 13.8 Å². The smallest absolute Gasteiger partial charge is 0.217 e. The van der Waals surface area contributed by atoms with Crippen molar-refractivity contribution in [1.82, 2.24) is 9.62 Å². The summed E-state index contributed by atoms with van der Waals surface area (Å²) in [4.78, 5) is 0. The van der Waals surface area contributed by atoms with Gasteiger partial charge in [0.1, 0.15) is 0 Å². The van der Waals surface area contributed by atoms with Crippen LogP contribution in [0.2, 0.25) is 0 Å². The molecule has 1 N–H and O–H groups in total. The Bertz CT molecular complexity index is 327. The summed E-state index contributed by atoms with van der Waals surface area (Å²) in [5.74, 6) is 0.490. The number of rotatable bonds is 5. The van der Waals surface area contributed by atoms with Crippen LogP contribution in [0.4, 0.5) is 0 Å². The average molecular weight is 262 g/mol. The van der Waals surface area contributed by atoms with Crippen molar-refractivity contribution in [2.45, 2.75) is 51.8 Å². The zero-order chi connectivity index (χ0) is 13.1. The molecule has 0 spiro atoms. The molecule has 1 saturated heterocycles. The van der Waals surface area contributed by atoms with Crippen molar-refractivity contribution in [3.63, 3.8) is 0 Å². The third-order valence-corrected chi connectivity index (χ3v) is 5.54. The monoisotopic (exact) mass is 262 g/mol. The zero-order valence-electron chi connectivity index (χ0n) is 11.4. The molecule has 1 rings (SSSR count). The summed E-state index contributed by atoms with van der Waals surface area (Å²) in [6.45, 7) is 9.89. The van der Waals surface area contributed by atoms with Crippen LogP contribution in [0.1, 0.15) is 40.5 Å². The molecule has 17 heavy (non-hydrogen) atoms. The van der Waals surface area contributed by atoms with Gasteiger partial charge in [-0.2, -0.15) is 0 Å². The Morgan fingerprint density at radius 2 is 2.00 bits per heavy atom. The fourth-order valence-electron chi connectivity index (χ4n) is 2.14. The molecule has 0 radical (unpaired) electrons. The molecular formula is C12H26N2O2S. The van der Waals surface area contributed by atoms with Gasteiger partial charge in [0.2, 0.25) is 10.0 Å². The maximum absolute atomic E-state index is 12.3. The summed E-state index contributed by atoms with van der Waals surface area (Å²) in [5.41, 5.74) is 0. The Morgan fingerprint density at radius 1 is 1.35 bits per heavy atom. The van der Waals surface area contributed by atoms with Gasteiger partial charge in [0.15, 0.2) is 0 Å². The molecule has 1 aliphatic heterocycles. The summed E-state index contributed by atoms with van der Waals surface area (Å²) in [5, 5.41) is 2.86. The van der Waals surface area contributed by atoms with Crippen molar-refractivity contribution >= 4 is 10.0 Å². The van der Waals surface area contributed by atoms with Crippen molar-refractivity contribution in [3.05, 3.63) is 0 Å². The number of nitrogens with zero attached hydrogens (tertiary/aromatic N) is 1. The molecule has 0 aromatic heterocycles. The van der Waals surface area contributed by atoms with Crippen molar-refractivity contribution < 1.29 is 8.42 Å². The Morgan fingerprint density at radius 3 is 2.53 bits per heavy atom. The van der Waals surface area contributed by atoms with Gasteiger partial charge in [-0.05, 0) is 25.7 Å². The predicted molar refractivity (Wildman–Crippen MR) is 71.5 cm³/mol. The van der Waals surface area contributed by atoms with Gasteiger partial charge < -0.3 is 5.32 Å². The van der Waals surface area contributed by atoms with Crippen LogP contribution in [0.25, 0.3) is 0 Å². The topological polar surface area (TPSA) is 49.4 Å². The van der Waals surface area contributed by atoms with E-state index in [1.165, 1.54) is 0 Å². The van der Waals surface area contributed by atoms with Gasteiger partial charge in [-0.15, -0.1) is 0 Å². The van der Waals surface area contributed by atoms with E-state index in [4.69, 9.17) is 0 Å². The van der Waals surface area contributed by atoms with E-state index in [9.17, 15) is 8.42 Å². The lowest BCUT2D eigenvalue weighted by molar-refractivity contribution is 0.278. The summed E-state index contributed by atoms with van der Waals surface area (Å²) in [7, 11) is -3.12. The number of sulfonamides is 1. The zero-order valence-corrected chi connectivity index (χ0v) is 12.3. The van der Waals surface area contributed by atoms with Crippen molar-refractivity contribution in [2.24, 2.45) is 5.92 Å². The molecule has 0 saturated carbocycles. The predicted octanol–water partition coefficient (Wildman–Crippen LogP) is 1.43. The Balaban J connectivity index is 2.59. The molecule has 2 unspecified atom stereocenters. The fraction of sp³-hybridized carbons (Fsp3) is 1.00. The van der Waals surface area contributed by atoms with Crippen LogP contribution in [0.15, 0.2) is 0 Å². The van der Waals surface area contributed by atoms with Crippen molar-refractivity contribution in [2.75, 3.05) is 19.6 Å². The first kappa shape index (κ1) is 14.9. The van der Waals surface area contributed by atoms with Crippen LogP contribution in [0.5, 0.6) is 0 Å². The average Bonchev–Trinajstić information content (AvgIpc) is 2.25. The summed E-state index contributed by atoms with van der Waals surface area (Å²) < 4.78 is 26.3. The first-order chi connectivity index (χ1) is 7.84. The second-order valence-electron chi connectivity index (χ2n) is 5.52. The van der Waals surface area contributed by atoms with Crippen molar-refractivity contribution in [3.8, 4) is 0 Å². The van der Waals surface area contributed by atoms with E-state index in [2.05, 4.69) is 12.2 Å². The number of hydrogen-bond acceptors (Lipinski definition) is 3. The summed E-state index contributed by atoms with van der Waals surface area (Å²) >= 11 is 0. The van der Waals surface area contributed by atoms with E-state index in [1.54, 1.807) is 11.2 Å². The van der Waals surface area contributed by atoms with Crippen LogP contribution >= 0.6 is 0 Å². The first-order valence-electron chi connectivity index (χ1n) is 6.56. The Kier molecular flexibility index (Phi) is 5.41. The van der Waals surface area contributed by atoms with Crippen LogP contribution in [-0.2, 0) is 10.0 Å². The lowest BCUT2D eigenvalue weighted by Crippen LogP contribution is -2.46. The second kappa shape index (κ2) is 6.16. The highest BCUT2D eigenvalue weighted by molar-refractivity contribution is 7.89. The Hall–Kier alpha value is -0.130. The first-order valence-corrected chi connectivity index (χ1v) is 8.06. The normalized spacial score (nSPS) is 25.1. The highest BCUT2D eigenvalue weighted by atomic mass is 32.2. The minimum absolute atomic E-state index is 0.327. The Labute approximate surface area is 106 Å². The SMILES string of the molecule is CC1CCCN(S(=O)(=O)C(C)CNC(C)C)C1. The van der Waals surface area contributed by atoms with Gasteiger partial charge in [-0.1, -0.05) is 20.8 Å². The number of nitrogens with one attached hydrogen (secondary N) is 1. The molecule has 4 nitrogen and oxygen atoms in total. The quantitative estimate of drug-likeness (QED) is 0.815. The standard InChI is InChI=1S/C12H26N2O2S/c1-10(2)13-8-12(4)17(15,16)14-7-5-6-11(3)9-14/h10-13H,5-9H2,1-4H3. The van der Waals surface area contributed by atoms with Gasteiger partial charge in [0, 0.05) is 25.7 Å². The third-order valence-electron chi connectivity index (χ3n) is 3.30. The van der Waals surface area contributed by atoms with E-state index >= 15 is 0 Å². The van der Waals surface area contributed by atoms with Gasteiger partial charge >= 0.3 is 0 Å². The lowest BCUT2D eigenvalue weighted by atomic mass is 10.0. The lowest BCUT2D eigenvalue weighted by Gasteiger charge is -2.32. The van der Waals surface area contributed by atoms with E-state index in [0.717, 1.165) is 12.8 Å². The molecule has 0 bridgehead atoms. The van der Waals surface area contributed by atoms with Gasteiger partial charge in [-0.25, -0.2) is 12.7 Å². The molecule has 0 aromatic rings. The molecule has 2 atom stereocenters. The van der Waals surface area contributed by atoms with Gasteiger partial charge in [0.25, 0.3) is 0 Å². The summed E-state index contributed by atoms with van der Waals surface area (Å²) in [6.07, 6.45) is 2.13. The second-order valence-corrected chi connectivity index (χ2v) is 7.88. The molecule has 1 aliphatic rings. The highest BCUT2D eigenvalue weighted by Crippen LogP contribution is 2.20. The molecular weight excluding hydrogens is 236 g/mol. The molecule has 0 aliphatic carbocycles. The van der Waals surface area contributed by atoms with E-state index in [-0.39, 0.29) is 5.25 Å². The molecule has 0 amide bonds. The minimum atomic E-state index is -3.12. The van der Waals surface area contributed by atoms with Crippen LogP contribution in [-0.4, -0.2) is 43.6 Å². The number of hydrogen-bond donors (Lipinski definition) is 1. The fourth-order valence-corrected chi connectivity index (χ4v) is 3.80.